The van der Waals surface area contributed by atoms with Gasteiger partial charge in [-0.1, -0.05) is 43.2 Å². The zero-order valence-corrected chi connectivity index (χ0v) is 14.8. The first kappa shape index (κ1) is 18.1. The summed E-state index contributed by atoms with van der Waals surface area (Å²) in [6, 6.07) is 9.47. The number of nitrogens with one attached hydrogen (secondary N) is 2. The van der Waals surface area contributed by atoms with Crippen LogP contribution in [0.25, 0.3) is 0 Å². The zero-order chi connectivity index (χ0) is 18.2. The molecule has 0 saturated heterocycles. The minimum Gasteiger partial charge on any atom is -0.347 e. The Morgan fingerprint density at radius 3 is 2.62 bits per heavy atom. The quantitative estimate of drug-likeness (QED) is 0.756. The van der Waals surface area contributed by atoms with Crippen LogP contribution < -0.4 is 10.6 Å². The van der Waals surface area contributed by atoms with Gasteiger partial charge in [-0.25, -0.2) is 4.98 Å². The molecule has 138 valence electrons. The van der Waals surface area contributed by atoms with E-state index in [-0.39, 0.29) is 24.4 Å². The molecule has 0 unspecified atom stereocenters. The molecule has 1 aromatic heterocycles. The summed E-state index contributed by atoms with van der Waals surface area (Å²) in [5.74, 6) is 0.223. The Labute approximate surface area is 153 Å². The third-order valence-corrected chi connectivity index (χ3v) is 4.77. The van der Waals surface area contributed by atoms with Crippen molar-refractivity contribution in [3.05, 3.63) is 48.5 Å². The van der Waals surface area contributed by atoms with Crippen LogP contribution in [0, 0.1) is 5.92 Å². The second-order valence-electron chi connectivity index (χ2n) is 6.78. The molecule has 3 rings (SSSR count). The Balaban J connectivity index is 1.52. The van der Waals surface area contributed by atoms with Gasteiger partial charge >= 0.3 is 0 Å². The molecule has 0 spiro atoms. The Kier molecular flexibility index (Phi) is 6.35. The fourth-order valence-corrected chi connectivity index (χ4v) is 3.41. The van der Waals surface area contributed by atoms with Crippen LogP contribution in [0.3, 0.4) is 0 Å². The maximum absolute atomic E-state index is 12.3. The van der Waals surface area contributed by atoms with Gasteiger partial charge in [0.1, 0.15) is 12.7 Å². The second kappa shape index (κ2) is 9.12. The van der Waals surface area contributed by atoms with Gasteiger partial charge in [-0.05, 0) is 24.3 Å². The molecule has 1 aromatic carbocycles. The van der Waals surface area contributed by atoms with Crippen molar-refractivity contribution < 1.29 is 9.59 Å². The molecule has 7 nitrogen and oxygen atoms in total. The van der Waals surface area contributed by atoms with E-state index in [1.165, 1.54) is 19.2 Å². The van der Waals surface area contributed by atoms with Gasteiger partial charge in [-0.3, -0.25) is 14.3 Å². The van der Waals surface area contributed by atoms with E-state index in [1.54, 1.807) is 11.0 Å². The van der Waals surface area contributed by atoms with E-state index in [1.807, 2.05) is 30.3 Å². The summed E-state index contributed by atoms with van der Waals surface area (Å²) in [5, 5.41) is 9.82. The minimum absolute atomic E-state index is 0.00769. The number of nitrogens with zero attached hydrogens (tertiary/aromatic N) is 3. The van der Waals surface area contributed by atoms with E-state index in [0.29, 0.717) is 18.9 Å². The molecule has 0 bridgehead atoms. The standard InChI is InChI=1S/C19H25N5O2/c25-18(10-15-6-4-5-7-15)21-11-19(26)23-17(12-24-14-20-13-22-24)16-8-2-1-3-9-16/h1-3,8-9,13-15,17H,4-7,10-12H2,(H,21,25)(H,23,26)/t17-/m0/s1. The lowest BCUT2D eigenvalue weighted by Gasteiger charge is -2.19. The van der Waals surface area contributed by atoms with Crippen molar-refractivity contribution >= 4 is 11.8 Å². The van der Waals surface area contributed by atoms with Crippen molar-refractivity contribution in [3.8, 4) is 0 Å². The molecule has 1 aliphatic rings. The largest absolute Gasteiger partial charge is 0.347 e. The van der Waals surface area contributed by atoms with Crippen molar-refractivity contribution in [1.29, 1.82) is 0 Å². The summed E-state index contributed by atoms with van der Waals surface area (Å²) in [6.07, 6.45) is 8.26. The maximum atomic E-state index is 12.3. The summed E-state index contributed by atoms with van der Waals surface area (Å²) < 4.78 is 1.68. The molecule has 1 atom stereocenters. The molecule has 2 aromatic rings. The molecular weight excluding hydrogens is 330 g/mol. The number of rotatable bonds is 8. The average molecular weight is 355 g/mol. The van der Waals surface area contributed by atoms with Crippen molar-refractivity contribution in [3.63, 3.8) is 0 Å². The van der Waals surface area contributed by atoms with Gasteiger partial charge < -0.3 is 10.6 Å². The molecule has 0 aliphatic heterocycles. The summed E-state index contributed by atoms with van der Waals surface area (Å²) in [4.78, 5) is 28.3. The van der Waals surface area contributed by atoms with Crippen LogP contribution in [-0.2, 0) is 16.1 Å². The number of carbonyl (C=O) groups excluding carboxylic acids is 2. The first-order valence-electron chi connectivity index (χ1n) is 9.14. The summed E-state index contributed by atoms with van der Waals surface area (Å²) in [6.45, 7) is 0.470. The highest BCUT2D eigenvalue weighted by Crippen LogP contribution is 2.27. The molecule has 1 fully saturated rings. The normalized spacial score (nSPS) is 15.5. The molecule has 2 N–H and O–H groups in total. The lowest BCUT2D eigenvalue weighted by molar-refractivity contribution is -0.127. The van der Waals surface area contributed by atoms with Crippen LogP contribution in [-0.4, -0.2) is 33.1 Å². The van der Waals surface area contributed by atoms with E-state index < -0.39 is 0 Å². The lowest BCUT2D eigenvalue weighted by atomic mass is 10.0. The van der Waals surface area contributed by atoms with Crippen molar-refractivity contribution in [2.24, 2.45) is 5.92 Å². The first-order chi connectivity index (χ1) is 12.7. The molecule has 1 heterocycles. The fourth-order valence-electron chi connectivity index (χ4n) is 3.41. The number of carbonyl (C=O) groups is 2. The smallest absolute Gasteiger partial charge is 0.239 e. The van der Waals surface area contributed by atoms with Gasteiger partial charge in [0.15, 0.2) is 0 Å². The van der Waals surface area contributed by atoms with Crippen LogP contribution in [0.4, 0.5) is 0 Å². The Morgan fingerprint density at radius 2 is 1.92 bits per heavy atom. The van der Waals surface area contributed by atoms with Crippen LogP contribution in [0.2, 0.25) is 0 Å². The van der Waals surface area contributed by atoms with Gasteiger partial charge in [-0.2, -0.15) is 5.10 Å². The molecule has 1 saturated carbocycles. The fraction of sp³-hybridized carbons (Fsp3) is 0.474. The Hall–Kier alpha value is -2.70. The number of benzene rings is 1. The van der Waals surface area contributed by atoms with Crippen LogP contribution in [0.5, 0.6) is 0 Å². The number of hydrogen-bond acceptors (Lipinski definition) is 4. The highest BCUT2D eigenvalue weighted by molar-refractivity contribution is 5.85. The average Bonchev–Trinajstić information content (AvgIpc) is 3.34. The second-order valence-corrected chi connectivity index (χ2v) is 6.78. The van der Waals surface area contributed by atoms with Gasteiger partial charge in [0, 0.05) is 6.42 Å². The maximum Gasteiger partial charge on any atom is 0.239 e. The molecule has 2 amide bonds. The topological polar surface area (TPSA) is 88.9 Å². The molecule has 26 heavy (non-hydrogen) atoms. The zero-order valence-electron chi connectivity index (χ0n) is 14.8. The molecule has 7 heteroatoms. The summed E-state index contributed by atoms with van der Waals surface area (Å²) >= 11 is 0. The molecular formula is C19H25N5O2. The number of aromatic nitrogens is 3. The third kappa shape index (κ3) is 5.40. The van der Waals surface area contributed by atoms with Crippen LogP contribution in [0.1, 0.15) is 43.7 Å². The monoisotopic (exact) mass is 355 g/mol. The molecule has 1 aliphatic carbocycles. The number of amides is 2. The van der Waals surface area contributed by atoms with Crippen LogP contribution >= 0.6 is 0 Å². The SMILES string of the molecule is O=C(CC1CCCC1)NCC(=O)N[C@@H](Cn1cncn1)c1ccccc1. The minimum atomic E-state index is -0.239. The van der Waals surface area contributed by atoms with E-state index in [9.17, 15) is 9.59 Å². The van der Waals surface area contributed by atoms with E-state index >= 15 is 0 Å². The van der Waals surface area contributed by atoms with Gasteiger partial charge in [0.25, 0.3) is 0 Å². The first-order valence-corrected chi connectivity index (χ1v) is 9.14. The van der Waals surface area contributed by atoms with Gasteiger partial charge in [0.05, 0.1) is 19.1 Å². The summed E-state index contributed by atoms with van der Waals surface area (Å²) in [5.41, 5.74) is 0.980. The molecule has 0 radical (unpaired) electrons. The number of hydrogen-bond donors (Lipinski definition) is 2. The van der Waals surface area contributed by atoms with E-state index in [2.05, 4.69) is 20.7 Å². The summed E-state index contributed by atoms with van der Waals surface area (Å²) in [7, 11) is 0. The van der Waals surface area contributed by atoms with E-state index in [4.69, 9.17) is 0 Å². The lowest BCUT2D eigenvalue weighted by Crippen LogP contribution is -2.40. The van der Waals surface area contributed by atoms with E-state index in [0.717, 1.165) is 18.4 Å². The highest BCUT2D eigenvalue weighted by atomic mass is 16.2. The van der Waals surface area contributed by atoms with Gasteiger partial charge in [0.2, 0.25) is 11.8 Å². The van der Waals surface area contributed by atoms with Crippen molar-refractivity contribution in [2.75, 3.05) is 6.54 Å². The third-order valence-electron chi connectivity index (χ3n) is 4.77. The predicted octanol–water partition coefficient (Wildman–Crippen LogP) is 1.83. The highest BCUT2D eigenvalue weighted by Gasteiger charge is 2.20. The van der Waals surface area contributed by atoms with Crippen molar-refractivity contribution in [2.45, 2.75) is 44.7 Å². The predicted molar refractivity (Wildman–Crippen MR) is 96.9 cm³/mol. The van der Waals surface area contributed by atoms with Gasteiger partial charge in [-0.15, -0.1) is 0 Å². The Bertz CT molecular complexity index is 696. The van der Waals surface area contributed by atoms with Crippen LogP contribution in [0.15, 0.2) is 43.0 Å². The Morgan fingerprint density at radius 1 is 1.15 bits per heavy atom. The van der Waals surface area contributed by atoms with Crippen molar-refractivity contribution in [1.82, 2.24) is 25.4 Å².